The molecule has 1 aromatic carbocycles. The number of hydrogen-bond acceptors (Lipinski definition) is 8. The highest BCUT2D eigenvalue weighted by Gasteiger charge is 2.12. The lowest BCUT2D eigenvalue weighted by Crippen LogP contribution is -2.14. The lowest BCUT2D eigenvalue weighted by atomic mass is 10.2. The van der Waals surface area contributed by atoms with E-state index in [1.807, 2.05) is 18.2 Å². The van der Waals surface area contributed by atoms with Crippen LogP contribution in [-0.4, -0.2) is 34.7 Å². The number of aromatic nitrogens is 2. The van der Waals surface area contributed by atoms with Crippen molar-refractivity contribution in [2.75, 3.05) is 18.2 Å². The highest BCUT2D eigenvalue weighted by Crippen LogP contribution is 2.31. The molecule has 0 saturated carbocycles. The molecule has 4 aromatic rings. The van der Waals surface area contributed by atoms with Gasteiger partial charge >= 0.3 is 5.97 Å². The van der Waals surface area contributed by atoms with Gasteiger partial charge in [0.05, 0.1) is 22.9 Å². The number of thioether (sulfide) groups is 1. The van der Waals surface area contributed by atoms with Crippen molar-refractivity contribution in [3.63, 3.8) is 0 Å². The summed E-state index contributed by atoms with van der Waals surface area (Å²) in [6.07, 6.45) is 2.35. The zero-order valence-corrected chi connectivity index (χ0v) is 18.4. The van der Waals surface area contributed by atoms with Gasteiger partial charge in [-0.25, -0.2) is 9.78 Å². The van der Waals surface area contributed by atoms with E-state index in [-0.39, 0.29) is 11.6 Å². The Labute approximate surface area is 185 Å². The number of esters is 1. The molecular formula is C21H17N3O3S3. The van der Waals surface area contributed by atoms with Crippen molar-refractivity contribution in [3.8, 4) is 0 Å². The van der Waals surface area contributed by atoms with Gasteiger partial charge in [-0.05, 0) is 59.1 Å². The first-order chi connectivity index (χ1) is 14.6. The van der Waals surface area contributed by atoms with Crippen LogP contribution in [0.2, 0.25) is 0 Å². The number of hydrogen-bond donors (Lipinski definition) is 1. The van der Waals surface area contributed by atoms with Crippen LogP contribution in [0.15, 0.2) is 57.7 Å². The number of nitrogens with zero attached hydrogens (tertiary/aromatic N) is 2. The van der Waals surface area contributed by atoms with Crippen LogP contribution in [0.5, 0.6) is 0 Å². The Morgan fingerprint density at radius 1 is 1.20 bits per heavy atom. The number of thiophene rings is 1. The third kappa shape index (κ3) is 4.86. The Balaban J connectivity index is 1.40. The fourth-order valence-corrected chi connectivity index (χ4v) is 5.57. The van der Waals surface area contributed by atoms with Crippen molar-refractivity contribution in [1.82, 2.24) is 9.97 Å². The average molecular weight is 456 g/mol. The molecule has 9 heteroatoms. The van der Waals surface area contributed by atoms with Crippen molar-refractivity contribution in [2.24, 2.45) is 0 Å². The fraction of sp³-hybridized carbons (Fsp3) is 0.143. The van der Waals surface area contributed by atoms with Crippen molar-refractivity contribution >= 4 is 62.2 Å². The van der Waals surface area contributed by atoms with Crippen LogP contribution in [0.4, 0.5) is 5.69 Å². The summed E-state index contributed by atoms with van der Waals surface area (Å²) in [7, 11) is 1.30. The number of thiazole rings is 1. The summed E-state index contributed by atoms with van der Waals surface area (Å²) in [4.78, 5) is 32.6. The van der Waals surface area contributed by atoms with Gasteiger partial charge in [-0.1, -0.05) is 11.8 Å². The minimum Gasteiger partial charge on any atom is -0.465 e. The lowest BCUT2D eigenvalue weighted by molar-refractivity contribution is 0.0600. The lowest BCUT2D eigenvalue weighted by Gasteiger charge is -2.05. The van der Waals surface area contributed by atoms with Gasteiger partial charge in [0.15, 0.2) is 4.34 Å². The second kappa shape index (κ2) is 9.38. The van der Waals surface area contributed by atoms with E-state index in [1.165, 1.54) is 31.0 Å². The average Bonchev–Trinajstić information content (AvgIpc) is 3.42. The van der Waals surface area contributed by atoms with Crippen molar-refractivity contribution in [3.05, 3.63) is 70.2 Å². The minimum atomic E-state index is -0.492. The fourth-order valence-electron chi connectivity index (χ4n) is 2.70. The maximum Gasteiger partial charge on any atom is 0.339 e. The van der Waals surface area contributed by atoms with E-state index in [0.717, 1.165) is 26.7 Å². The standard InChI is InChI=1S/C21H17N3O3S3/c1-27-20(26)14-2-4-17(22-11-14)19(25)23-15-3-5-16-18(10-15)30-21(24-16)29-9-7-13-6-8-28-12-13/h2-6,8,10-12H,7,9H2,1H3,(H,23,25). The Morgan fingerprint density at radius 3 is 2.83 bits per heavy atom. The predicted molar refractivity (Wildman–Crippen MR) is 122 cm³/mol. The highest BCUT2D eigenvalue weighted by atomic mass is 32.2. The van der Waals surface area contributed by atoms with Gasteiger partial charge in [0.1, 0.15) is 5.69 Å². The molecule has 3 heterocycles. The molecule has 1 amide bonds. The van der Waals surface area contributed by atoms with E-state index in [0.29, 0.717) is 11.3 Å². The predicted octanol–water partition coefficient (Wildman–Crippen LogP) is 5.13. The molecule has 0 unspecified atom stereocenters. The van der Waals surface area contributed by atoms with E-state index in [9.17, 15) is 9.59 Å². The summed E-state index contributed by atoms with van der Waals surface area (Å²) < 4.78 is 6.66. The molecule has 0 radical (unpaired) electrons. The Kier molecular flexibility index (Phi) is 6.41. The van der Waals surface area contributed by atoms with E-state index in [1.54, 1.807) is 34.4 Å². The molecule has 3 aromatic heterocycles. The summed E-state index contributed by atoms with van der Waals surface area (Å²) in [5.74, 6) is 0.141. The van der Waals surface area contributed by atoms with E-state index < -0.39 is 5.97 Å². The zero-order chi connectivity index (χ0) is 20.9. The first kappa shape index (κ1) is 20.5. The van der Waals surface area contributed by atoms with Crippen LogP contribution < -0.4 is 5.32 Å². The van der Waals surface area contributed by atoms with Crippen LogP contribution >= 0.6 is 34.4 Å². The first-order valence-corrected chi connectivity index (χ1v) is 11.8. The molecular weight excluding hydrogens is 438 g/mol. The minimum absolute atomic E-state index is 0.219. The van der Waals surface area contributed by atoms with Gasteiger partial charge in [0.2, 0.25) is 0 Å². The molecule has 1 N–H and O–H groups in total. The molecule has 0 saturated heterocycles. The molecule has 0 fully saturated rings. The molecule has 152 valence electrons. The van der Waals surface area contributed by atoms with E-state index in [4.69, 9.17) is 0 Å². The highest BCUT2D eigenvalue weighted by molar-refractivity contribution is 8.01. The second-order valence-electron chi connectivity index (χ2n) is 6.27. The quantitative estimate of drug-likeness (QED) is 0.307. The molecule has 0 aliphatic heterocycles. The number of rotatable bonds is 7. The summed E-state index contributed by atoms with van der Waals surface area (Å²) in [6.45, 7) is 0. The van der Waals surface area contributed by atoms with E-state index in [2.05, 4.69) is 36.8 Å². The van der Waals surface area contributed by atoms with Gasteiger partial charge in [-0.3, -0.25) is 9.78 Å². The Hall–Kier alpha value is -2.75. The summed E-state index contributed by atoms with van der Waals surface area (Å²) in [6, 6.07) is 10.8. The second-order valence-corrected chi connectivity index (χ2v) is 9.42. The molecule has 4 rings (SSSR count). The number of benzene rings is 1. The summed E-state index contributed by atoms with van der Waals surface area (Å²) in [5.41, 5.74) is 3.45. The third-order valence-electron chi connectivity index (χ3n) is 4.24. The van der Waals surface area contributed by atoms with Crippen molar-refractivity contribution < 1.29 is 14.3 Å². The Morgan fingerprint density at radius 2 is 2.10 bits per heavy atom. The van der Waals surface area contributed by atoms with Gasteiger partial charge in [-0.15, -0.1) is 11.3 Å². The third-order valence-corrected chi connectivity index (χ3v) is 7.14. The number of fused-ring (bicyclic) bond motifs is 1. The van der Waals surface area contributed by atoms with Crippen LogP contribution in [0, 0.1) is 0 Å². The molecule has 0 atom stereocenters. The number of carbonyl (C=O) groups excluding carboxylic acids is 2. The molecule has 0 bridgehead atoms. The smallest absolute Gasteiger partial charge is 0.339 e. The van der Waals surface area contributed by atoms with Gasteiger partial charge < -0.3 is 10.1 Å². The molecule has 0 spiro atoms. The SMILES string of the molecule is COC(=O)c1ccc(C(=O)Nc2ccc3nc(SCCc4ccsc4)sc3c2)nc1. The number of carbonyl (C=O) groups is 2. The zero-order valence-electron chi connectivity index (χ0n) is 16.0. The van der Waals surface area contributed by atoms with Gasteiger partial charge in [0.25, 0.3) is 5.91 Å². The maximum atomic E-state index is 12.5. The molecule has 0 aliphatic carbocycles. The number of aryl methyl sites for hydroxylation is 1. The number of methoxy groups -OCH3 is 1. The first-order valence-electron chi connectivity index (χ1n) is 9.02. The topological polar surface area (TPSA) is 81.2 Å². The normalized spacial score (nSPS) is 10.8. The van der Waals surface area contributed by atoms with Crippen molar-refractivity contribution in [2.45, 2.75) is 10.8 Å². The van der Waals surface area contributed by atoms with Crippen molar-refractivity contribution in [1.29, 1.82) is 0 Å². The largest absolute Gasteiger partial charge is 0.465 e. The monoisotopic (exact) mass is 455 g/mol. The number of nitrogens with one attached hydrogen (secondary N) is 1. The number of pyridine rings is 1. The van der Waals surface area contributed by atoms with Crippen LogP contribution in [0.25, 0.3) is 10.2 Å². The number of ether oxygens (including phenoxy) is 1. The maximum absolute atomic E-state index is 12.5. The molecule has 6 nitrogen and oxygen atoms in total. The van der Waals surface area contributed by atoms with E-state index >= 15 is 0 Å². The summed E-state index contributed by atoms with van der Waals surface area (Å²) >= 11 is 5.07. The van der Waals surface area contributed by atoms with Crippen LogP contribution in [-0.2, 0) is 11.2 Å². The van der Waals surface area contributed by atoms with Gasteiger partial charge in [-0.2, -0.15) is 11.3 Å². The van der Waals surface area contributed by atoms with Crippen LogP contribution in [0.1, 0.15) is 26.4 Å². The van der Waals surface area contributed by atoms with Gasteiger partial charge in [0, 0.05) is 17.6 Å². The Bertz CT molecular complexity index is 1170. The van der Waals surface area contributed by atoms with Crippen LogP contribution in [0.3, 0.4) is 0 Å². The number of anilines is 1. The molecule has 0 aliphatic rings. The summed E-state index contributed by atoms with van der Waals surface area (Å²) in [5, 5.41) is 7.11. The molecule has 30 heavy (non-hydrogen) atoms. The number of amides is 1.